The van der Waals surface area contributed by atoms with Crippen molar-refractivity contribution in [2.75, 3.05) is 11.4 Å². The smallest absolute Gasteiger partial charge is 0.316 e. The fourth-order valence-electron chi connectivity index (χ4n) is 2.13. The molecule has 1 aromatic carbocycles. The third-order valence-electron chi connectivity index (χ3n) is 3.01. The Morgan fingerprint density at radius 2 is 2.06 bits per heavy atom. The number of hydrogen-bond acceptors (Lipinski definition) is 2. The first-order chi connectivity index (χ1) is 8.45. The Morgan fingerprint density at radius 1 is 1.44 bits per heavy atom. The lowest BCUT2D eigenvalue weighted by Gasteiger charge is -2.31. The normalized spacial score (nSPS) is 18.7. The van der Waals surface area contributed by atoms with Crippen LogP contribution < -0.4 is 4.90 Å². The molecule has 0 bridgehead atoms. The lowest BCUT2D eigenvalue weighted by Crippen LogP contribution is -2.44. The number of carbonyl (C=O) groups excluding carboxylic acids is 1. The van der Waals surface area contributed by atoms with E-state index in [1.165, 1.54) is 4.90 Å². The van der Waals surface area contributed by atoms with Crippen molar-refractivity contribution in [1.29, 1.82) is 0 Å². The van der Waals surface area contributed by atoms with Crippen molar-refractivity contribution >= 4 is 17.6 Å². The third kappa shape index (κ3) is 1.83. The van der Waals surface area contributed by atoms with E-state index in [0.29, 0.717) is 5.56 Å². The van der Waals surface area contributed by atoms with Crippen LogP contribution in [0.2, 0.25) is 0 Å². The molecular weight excluding hydrogens is 244 g/mol. The number of rotatable bonds is 2. The molecule has 1 amide bonds. The number of carboxylic acids is 1. The van der Waals surface area contributed by atoms with Crippen LogP contribution in [0.25, 0.3) is 0 Å². The first-order valence-corrected chi connectivity index (χ1v) is 5.47. The monoisotopic (exact) mass is 255 g/mol. The van der Waals surface area contributed by atoms with Crippen molar-refractivity contribution in [3.63, 3.8) is 0 Å². The fourth-order valence-corrected chi connectivity index (χ4v) is 2.13. The van der Waals surface area contributed by atoms with Crippen LogP contribution in [0, 0.1) is 17.6 Å². The van der Waals surface area contributed by atoms with Crippen molar-refractivity contribution in [3.8, 4) is 0 Å². The molecule has 0 saturated carbocycles. The average molecular weight is 255 g/mol. The van der Waals surface area contributed by atoms with Gasteiger partial charge in [-0.3, -0.25) is 9.59 Å². The number of fused-ring (bicyclic) bond motifs is 1. The predicted molar refractivity (Wildman–Crippen MR) is 59.2 cm³/mol. The van der Waals surface area contributed by atoms with Gasteiger partial charge in [-0.25, -0.2) is 8.78 Å². The van der Waals surface area contributed by atoms with Crippen LogP contribution in [-0.2, 0) is 16.0 Å². The minimum Gasteiger partial charge on any atom is -0.481 e. The van der Waals surface area contributed by atoms with Crippen molar-refractivity contribution in [2.24, 2.45) is 5.92 Å². The van der Waals surface area contributed by atoms with Gasteiger partial charge in [0.05, 0.1) is 0 Å². The summed E-state index contributed by atoms with van der Waals surface area (Å²) in [5, 5.41) is 8.96. The van der Waals surface area contributed by atoms with E-state index in [4.69, 9.17) is 5.11 Å². The molecule has 1 aromatic rings. The largest absolute Gasteiger partial charge is 0.481 e. The van der Waals surface area contributed by atoms with Crippen LogP contribution in [0.5, 0.6) is 0 Å². The number of aliphatic carboxylic acids is 1. The van der Waals surface area contributed by atoms with Gasteiger partial charge in [-0.1, -0.05) is 0 Å². The number of carboxylic acid groups (broad SMARTS) is 1. The summed E-state index contributed by atoms with van der Waals surface area (Å²) < 4.78 is 26.3. The van der Waals surface area contributed by atoms with E-state index in [-0.39, 0.29) is 18.7 Å². The molecule has 1 N–H and O–H groups in total. The maximum Gasteiger partial charge on any atom is 0.316 e. The summed E-state index contributed by atoms with van der Waals surface area (Å²) in [4.78, 5) is 24.0. The number of anilines is 1. The molecule has 1 aliphatic heterocycles. The first kappa shape index (κ1) is 12.5. The van der Waals surface area contributed by atoms with E-state index >= 15 is 0 Å². The molecular formula is C12H11F2NO3. The lowest BCUT2D eigenvalue weighted by molar-refractivity contribution is -0.146. The van der Waals surface area contributed by atoms with Gasteiger partial charge in [0.15, 0.2) is 11.6 Å². The van der Waals surface area contributed by atoms with Gasteiger partial charge in [-0.05, 0) is 25.0 Å². The fraction of sp³-hybridized carbons (Fsp3) is 0.333. The van der Waals surface area contributed by atoms with E-state index in [1.54, 1.807) is 6.92 Å². The van der Waals surface area contributed by atoms with Gasteiger partial charge in [0, 0.05) is 18.3 Å². The van der Waals surface area contributed by atoms with Gasteiger partial charge in [-0.15, -0.1) is 0 Å². The molecule has 2 rings (SSSR count). The third-order valence-corrected chi connectivity index (χ3v) is 3.01. The van der Waals surface area contributed by atoms with Crippen LogP contribution >= 0.6 is 0 Å². The molecule has 1 unspecified atom stereocenters. The zero-order chi connectivity index (χ0) is 13.4. The van der Waals surface area contributed by atoms with Crippen molar-refractivity contribution < 1.29 is 23.5 Å². The highest BCUT2D eigenvalue weighted by Gasteiger charge is 2.37. The summed E-state index contributed by atoms with van der Waals surface area (Å²) in [6.45, 7) is 1.86. The van der Waals surface area contributed by atoms with Crippen LogP contribution in [0.3, 0.4) is 0 Å². The minimum atomic E-state index is -1.26. The Morgan fingerprint density at radius 3 is 2.61 bits per heavy atom. The molecule has 18 heavy (non-hydrogen) atoms. The molecule has 6 heteroatoms. The van der Waals surface area contributed by atoms with Gasteiger partial charge in [0.1, 0.15) is 5.92 Å². The number of nitrogens with zero attached hydrogens (tertiary/aromatic N) is 1. The van der Waals surface area contributed by atoms with Crippen LogP contribution in [0.1, 0.15) is 12.5 Å². The average Bonchev–Trinajstić information content (AvgIpc) is 2.30. The zero-order valence-corrected chi connectivity index (χ0v) is 9.61. The summed E-state index contributed by atoms with van der Waals surface area (Å²) in [6, 6.07) is 1.89. The number of benzene rings is 1. The Hall–Kier alpha value is -1.98. The van der Waals surface area contributed by atoms with E-state index < -0.39 is 29.4 Å². The topological polar surface area (TPSA) is 57.6 Å². The Bertz CT molecular complexity index is 530. The van der Waals surface area contributed by atoms with Gasteiger partial charge < -0.3 is 10.0 Å². The van der Waals surface area contributed by atoms with E-state index in [1.807, 2.05) is 0 Å². The van der Waals surface area contributed by atoms with Gasteiger partial charge in [0.25, 0.3) is 0 Å². The summed E-state index contributed by atoms with van der Waals surface area (Å²) in [6.07, 6.45) is -0.114. The molecule has 96 valence electrons. The standard InChI is InChI=1S/C12H11F2NO3/c1-2-15-10-5-9(14)8(13)4-6(10)3-7(11(15)16)12(17)18/h4-5,7H,2-3H2,1H3,(H,17,18). The maximum atomic E-state index is 13.2. The second kappa shape index (κ2) is 4.36. The van der Waals surface area contributed by atoms with Crippen molar-refractivity contribution in [2.45, 2.75) is 13.3 Å². The second-order valence-electron chi connectivity index (χ2n) is 4.07. The molecule has 1 heterocycles. The zero-order valence-electron chi connectivity index (χ0n) is 9.61. The quantitative estimate of drug-likeness (QED) is 0.816. The van der Waals surface area contributed by atoms with E-state index in [2.05, 4.69) is 0 Å². The van der Waals surface area contributed by atoms with Crippen LogP contribution in [0.15, 0.2) is 12.1 Å². The molecule has 0 fully saturated rings. The second-order valence-corrected chi connectivity index (χ2v) is 4.07. The Kier molecular flexibility index (Phi) is 3.02. The van der Waals surface area contributed by atoms with Gasteiger partial charge in [0.2, 0.25) is 5.91 Å². The SMILES string of the molecule is CCN1C(=O)C(C(=O)O)Cc2cc(F)c(F)cc21. The van der Waals surface area contributed by atoms with Crippen molar-refractivity contribution in [3.05, 3.63) is 29.3 Å². The summed E-state index contributed by atoms with van der Waals surface area (Å²) >= 11 is 0. The molecule has 1 atom stereocenters. The molecule has 0 spiro atoms. The number of amides is 1. The molecule has 1 aliphatic rings. The van der Waals surface area contributed by atoms with Crippen LogP contribution in [0.4, 0.5) is 14.5 Å². The highest BCUT2D eigenvalue weighted by molar-refractivity contribution is 6.08. The summed E-state index contributed by atoms with van der Waals surface area (Å²) in [5.41, 5.74) is 0.585. The number of halogens is 2. The first-order valence-electron chi connectivity index (χ1n) is 5.47. The number of carbonyl (C=O) groups is 2. The molecule has 0 aliphatic carbocycles. The molecule has 4 nitrogen and oxygen atoms in total. The predicted octanol–water partition coefficient (Wildman–Crippen LogP) is 1.57. The molecule has 0 aromatic heterocycles. The number of hydrogen-bond donors (Lipinski definition) is 1. The molecule has 0 saturated heterocycles. The molecule has 0 radical (unpaired) electrons. The maximum absolute atomic E-state index is 13.2. The van der Waals surface area contributed by atoms with Gasteiger partial charge in [-0.2, -0.15) is 0 Å². The lowest BCUT2D eigenvalue weighted by atomic mass is 9.91. The van der Waals surface area contributed by atoms with E-state index in [9.17, 15) is 18.4 Å². The van der Waals surface area contributed by atoms with Crippen molar-refractivity contribution in [1.82, 2.24) is 0 Å². The summed E-state index contributed by atoms with van der Waals surface area (Å²) in [5.74, 6) is -5.17. The minimum absolute atomic E-state index is 0.114. The van der Waals surface area contributed by atoms with E-state index in [0.717, 1.165) is 12.1 Å². The van der Waals surface area contributed by atoms with Crippen LogP contribution in [-0.4, -0.2) is 23.5 Å². The Balaban J connectivity index is 2.55. The highest BCUT2D eigenvalue weighted by Crippen LogP contribution is 2.32. The highest BCUT2D eigenvalue weighted by atomic mass is 19.2. The van der Waals surface area contributed by atoms with Gasteiger partial charge >= 0.3 is 5.97 Å². The summed E-state index contributed by atoms with van der Waals surface area (Å²) in [7, 11) is 0. The Labute approximate surface area is 102 Å².